The molecule has 0 aromatic heterocycles. The van der Waals surface area contributed by atoms with Gasteiger partial charge in [0, 0.05) is 50.7 Å². The number of nitrogens with zero attached hydrogens (tertiary/aromatic N) is 2. The minimum Gasteiger partial charge on any atom is -0.497 e. The lowest BCUT2D eigenvalue weighted by molar-refractivity contribution is -0.136. The third-order valence-electron chi connectivity index (χ3n) is 4.78. The number of nitrogens with one attached hydrogen (secondary N) is 1. The van der Waals surface area contributed by atoms with E-state index in [0.717, 1.165) is 44.9 Å². The topological polar surface area (TPSA) is 61.9 Å². The van der Waals surface area contributed by atoms with Crippen LogP contribution in [-0.2, 0) is 4.79 Å². The fourth-order valence-electron chi connectivity index (χ4n) is 2.85. The molecular formula is C19H29N3O3. The summed E-state index contributed by atoms with van der Waals surface area (Å²) in [4.78, 5) is 28.5. The molecule has 1 unspecified atom stereocenters. The third-order valence-corrected chi connectivity index (χ3v) is 4.78. The van der Waals surface area contributed by atoms with Crippen LogP contribution in [0.3, 0.4) is 0 Å². The van der Waals surface area contributed by atoms with Gasteiger partial charge in [-0.3, -0.25) is 14.5 Å². The van der Waals surface area contributed by atoms with Gasteiger partial charge in [-0.2, -0.15) is 0 Å². The molecule has 0 spiro atoms. The molecule has 0 aliphatic carbocycles. The van der Waals surface area contributed by atoms with Crippen LogP contribution in [0.15, 0.2) is 24.3 Å². The summed E-state index contributed by atoms with van der Waals surface area (Å²) in [6, 6.07) is 7.08. The number of carbonyl (C=O) groups is 2. The predicted molar refractivity (Wildman–Crippen MR) is 97.8 cm³/mol. The van der Waals surface area contributed by atoms with Crippen LogP contribution in [0.4, 0.5) is 0 Å². The molecule has 138 valence electrons. The first kappa shape index (κ1) is 19.2. The lowest BCUT2D eigenvalue weighted by atomic mass is 10.1. The molecule has 1 aliphatic rings. The molecule has 25 heavy (non-hydrogen) atoms. The van der Waals surface area contributed by atoms with Crippen molar-refractivity contribution in [1.82, 2.24) is 15.1 Å². The van der Waals surface area contributed by atoms with E-state index in [9.17, 15) is 9.59 Å². The van der Waals surface area contributed by atoms with Crippen molar-refractivity contribution in [3.63, 3.8) is 0 Å². The maximum atomic E-state index is 12.2. The number of benzene rings is 1. The highest BCUT2D eigenvalue weighted by molar-refractivity contribution is 5.94. The molecule has 0 radical (unpaired) electrons. The fourth-order valence-corrected chi connectivity index (χ4v) is 2.85. The molecule has 1 N–H and O–H groups in total. The van der Waals surface area contributed by atoms with E-state index in [0.29, 0.717) is 12.1 Å². The van der Waals surface area contributed by atoms with Crippen LogP contribution in [0.5, 0.6) is 5.75 Å². The van der Waals surface area contributed by atoms with Crippen molar-refractivity contribution in [2.45, 2.75) is 20.3 Å². The summed E-state index contributed by atoms with van der Waals surface area (Å²) in [7, 11) is 1.60. The molecule has 1 aromatic carbocycles. The number of hydrogen-bond acceptors (Lipinski definition) is 4. The molecule has 2 rings (SSSR count). The van der Waals surface area contributed by atoms with Crippen molar-refractivity contribution in [2.75, 3.05) is 46.4 Å². The summed E-state index contributed by atoms with van der Waals surface area (Å²) < 4.78 is 5.09. The number of piperazine rings is 1. The molecule has 6 nitrogen and oxygen atoms in total. The van der Waals surface area contributed by atoms with Crippen LogP contribution in [0.2, 0.25) is 0 Å². The molecule has 1 fully saturated rings. The van der Waals surface area contributed by atoms with E-state index in [1.807, 2.05) is 18.7 Å². The maximum absolute atomic E-state index is 12.2. The Morgan fingerprint density at radius 2 is 1.80 bits per heavy atom. The molecule has 2 amide bonds. The number of rotatable bonds is 7. The van der Waals surface area contributed by atoms with Crippen LogP contribution < -0.4 is 10.1 Å². The van der Waals surface area contributed by atoms with Crippen molar-refractivity contribution in [3.8, 4) is 5.75 Å². The Hall–Kier alpha value is -2.08. The zero-order valence-corrected chi connectivity index (χ0v) is 15.5. The van der Waals surface area contributed by atoms with Gasteiger partial charge < -0.3 is 15.0 Å². The van der Waals surface area contributed by atoms with Gasteiger partial charge in [0.1, 0.15) is 5.75 Å². The third kappa shape index (κ3) is 5.46. The Labute approximate surface area is 150 Å². The van der Waals surface area contributed by atoms with E-state index in [1.165, 1.54) is 0 Å². The Kier molecular flexibility index (Phi) is 7.25. The highest BCUT2D eigenvalue weighted by Gasteiger charge is 2.23. The SMILES string of the molecule is CCC(C)C(=O)N1CCN(CCNC(=O)c2ccc(OC)cc2)CC1. The van der Waals surface area contributed by atoms with E-state index in [1.54, 1.807) is 31.4 Å². The second kappa shape index (κ2) is 9.42. The first-order valence-electron chi connectivity index (χ1n) is 8.98. The molecule has 1 atom stereocenters. The van der Waals surface area contributed by atoms with Crippen LogP contribution >= 0.6 is 0 Å². The van der Waals surface area contributed by atoms with Gasteiger partial charge >= 0.3 is 0 Å². The molecule has 6 heteroatoms. The van der Waals surface area contributed by atoms with Gasteiger partial charge in [-0.25, -0.2) is 0 Å². The minimum atomic E-state index is -0.0757. The zero-order valence-electron chi connectivity index (χ0n) is 15.5. The van der Waals surface area contributed by atoms with Gasteiger partial charge in [-0.1, -0.05) is 13.8 Å². The van der Waals surface area contributed by atoms with E-state index >= 15 is 0 Å². The van der Waals surface area contributed by atoms with Crippen molar-refractivity contribution in [1.29, 1.82) is 0 Å². The second-order valence-electron chi connectivity index (χ2n) is 6.46. The largest absolute Gasteiger partial charge is 0.497 e. The number of carbonyl (C=O) groups excluding carboxylic acids is 2. The van der Waals surface area contributed by atoms with E-state index in [2.05, 4.69) is 10.2 Å². The first-order valence-corrected chi connectivity index (χ1v) is 8.98. The Bertz CT molecular complexity index is 566. The van der Waals surface area contributed by atoms with Crippen molar-refractivity contribution >= 4 is 11.8 Å². The van der Waals surface area contributed by atoms with Gasteiger partial charge in [0.15, 0.2) is 0 Å². The van der Waals surface area contributed by atoms with Gasteiger partial charge in [0.25, 0.3) is 5.91 Å². The average molecular weight is 347 g/mol. The molecular weight excluding hydrogens is 318 g/mol. The standard InChI is InChI=1S/C19H29N3O3/c1-4-15(2)19(24)22-13-11-21(12-14-22)10-9-20-18(23)16-5-7-17(25-3)8-6-16/h5-8,15H,4,9-14H2,1-3H3,(H,20,23). The normalized spacial score (nSPS) is 16.4. The fraction of sp³-hybridized carbons (Fsp3) is 0.579. The lowest BCUT2D eigenvalue weighted by Gasteiger charge is -2.35. The highest BCUT2D eigenvalue weighted by atomic mass is 16.5. The van der Waals surface area contributed by atoms with E-state index in [4.69, 9.17) is 4.74 Å². The summed E-state index contributed by atoms with van der Waals surface area (Å²) >= 11 is 0. The molecule has 1 heterocycles. The van der Waals surface area contributed by atoms with Crippen LogP contribution in [0.25, 0.3) is 0 Å². The molecule has 1 saturated heterocycles. The van der Waals surface area contributed by atoms with Gasteiger partial charge in [0.2, 0.25) is 5.91 Å². The molecule has 0 saturated carbocycles. The van der Waals surface area contributed by atoms with Crippen molar-refractivity contribution < 1.29 is 14.3 Å². The summed E-state index contributed by atoms with van der Waals surface area (Å²) in [5.41, 5.74) is 0.629. The maximum Gasteiger partial charge on any atom is 0.251 e. The summed E-state index contributed by atoms with van der Waals surface area (Å²) in [6.07, 6.45) is 0.885. The summed E-state index contributed by atoms with van der Waals surface area (Å²) in [5, 5.41) is 2.94. The van der Waals surface area contributed by atoms with Crippen LogP contribution in [-0.4, -0.2) is 68.0 Å². The van der Waals surface area contributed by atoms with Gasteiger partial charge in [-0.05, 0) is 30.7 Å². The number of methoxy groups -OCH3 is 1. The van der Waals surface area contributed by atoms with E-state index in [-0.39, 0.29) is 17.7 Å². The Morgan fingerprint density at radius 1 is 1.16 bits per heavy atom. The number of amides is 2. The average Bonchev–Trinajstić information content (AvgIpc) is 2.67. The minimum absolute atomic E-state index is 0.0757. The lowest BCUT2D eigenvalue weighted by Crippen LogP contribution is -2.51. The predicted octanol–water partition coefficient (Wildman–Crippen LogP) is 1.62. The van der Waals surface area contributed by atoms with Crippen LogP contribution in [0, 0.1) is 5.92 Å². The van der Waals surface area contributed by atoms with Gasteiger partial charge in [-0.15, -0.1) is 0 Å². The first-order chi connectivity index (χ1) is 12.0. The summed E-state index contributed by atoms with van der Waals surface area (Å²) in [6.45, 7) is 8.71. The quantitative estimate of drug-likeness (QED) is 0.814. The summed E-state index contributed by atoms with van der Waals surface area (Å²) in [5.74, 6) is 1.03. The van der Waals surface area contributed by atoms with Gasteiger partial charge in [0.05, 0.1) is 7.11 Å². The van der Waals surface area contributed by atoms with Crippen molar-refractivity contribution in [3.05, 3.63) is 29.8 Å². The number of hydrogen-bond donors (Lipinski definition) is 1. The van der Waals surface area contributed by atoms with E-state index < -0.39 is 0 Å². The smallest absolute Gasteiger partial charge is 0.251 e. The van der Waals surface area contributed by atoms with Crippen molar-refractivity contribution in [2.24, 2.45) is 5.92 Å². The highest BCUT2D eigenvalue weighted by Crippen LogP contribution is 2.11. The number of ether oxygens (including phenoxy) is 1. The Balaban J connectivity index is 1.69. The van der Waals surface area contributed by atoms with Crippen LogP contribution in [0.1, 0.15) is 30.6 Å². The molecule has 1 aromatic rings. The monoisotopic (exact) mass is 347 g/mol. The molecule has 1 aliphatic heterocycles. The molecule has 0 bridgehead atoms. The second-order valence-corrected chi connectivity index (χ2v) is 6.46. The Morgan fingerprint density at radius 3 is 2.36 bits per heavy atom. The zero-order chi connectivity index (χ0) is 18.2.